The fourth-order valence-corrected chi connectivity index (χ4v) is 4.18. The van der Waals surface area contributed by atoms with Gasteiger partial charge in [-0.25, -0.2) is 0 Å². The quantitative estimate of drug-likeness (QED) is 0.864. The SMILES string of the molecule is Cc1ccsc1C(=O)NC1C(C)(C)C(N)C1(C)C. The summed E-state index contributed by atoms with van der Waals surface area (Å²) < 4.78 is 0. The lowest BCUT2D eigenvalue weighted by molar-refractivity contribution is -0.0663. The molecule has 1 aliphatic rings. The third kappa shape index (κ3) is 1.79. The van der Waals surface area contributed by atoms with E-state index in [2.05, 4.69) is 33.0 Å². The summed E-state index contributed by atoms with van der Waals surface area (Å²) in [6.07, 6.45) is 0. The first-order valence-electron chi connectivity index (χ1n) is 6.29. The maximum Gasteiger partial charge on any atom is 0.261 e. The van der Waals surface area contributed by atoms with E-state index in [0.717, 1.165) is 10.4 Å². The van der Waals surface area contributed by atoms with E-state index in [1.165, 1.54) is 11.3 Å². The van der Waals surface area contributed by atoms with Gasteiger partial charge in [-0.15, -0.1) is 11.3 Å². The molecule has 0 spiro atoms. The van der Waals surface area contributed by atoms with E-state index in [9.17, 15) is 4.79 Å². The van der Waals surface area contributed by atoms with Crippen LogP contribution in [0, 0.1) is 17.8 Å². The summed E-state index contributed by atoms with van der Waals surface area (Å²) in [6, 6.07) is 2.20. The van der Waals surface area contributed by atoms with Gasteiger partial charge in [-0.3, -0.25) is 4.79 Å². The Morgan fingerprint density at radius 2 is 1.89 bits per heavy atom. The van der Waals surface area contributed by atoms with Gasteiger partial charge in [-0.1, -0.05) is 27.7 Å². The van der Waals surface area contributed by atoms with Gasteiger partial charge in [0, 0.05) is 22.9 Å². The summed E-state index contributed by atoms with van der Waals surface area (Å²) in [5, 5.41) is 5.11. The number of thiophene rings is 1. The normalized spacial score (nSPS) is 28.6. The molecule has 18 heavy (non-hydrogen) atoms. The minimum atomic E-state index is -0.0513. The van der Waals surface area contributed by atoms with Crippen molar-refractivity contribution >= 4 is 17.2 Å². The lowest BCUT2D eigenvalue weighted by atomic mass is 9.48. The third-order valence-corrected chi connectivity index (χ3v) is 5.45. The van der Waals surface area contributed by atoms with Crippen LogP contribution in [0.3, 0.4) is 0 Å². The Bertz CT molecular complexity index is 460. The second kappa shape index (κ2) is 4.07. The van der Waals surface area contributed by atoms with Gasteiger partial charge in [0.15, 0.2) is 0 Å². The monoisotopic (exact) mass is 266 g/mol. The van der Waals surface area contributed by atoms with E-state index < -0.39 is 0 Å². The van der Waals surface area contributed by atoms with E-state index in [1.807, 2.05) is 18.4 Å². The number of aryl methyl sites for hydroxylation is 1. The predicted molar refractivity (Wildman–Crippen MR) is 75.8 cm³/mol. The second-order valence-corrected chi connectivity index (χ2v) is 7.38. The van der Waals surface area contributed by atoms with Crippen LogP contribution in [0.15, 0.2) is 11.4 Å². The molecule has 4 heteroatoms. The van der Waals surface area contributed by atoms with Crippen molar-refractivity contribution < 1.29 is 4.79 Å². The fraction of sp³-hybridized carbons (Fsp3) is 0.643. The van der Waals surface area contributed by atoms with Gasteiger partial charge in [0.05, 0.1) is 4.88 Å². The van der Waals surface area contributed by atoms with Crippen LogP contribution in [0.1, 0.15) is 42.9 Å². The highest BCUT2D eigenvalue weighted by Gasteiger charge is 2.60. The Hall–Kier alpha value is -0.870. The Labute approximate surface area is 113 Å². The maximum absolute atomic E-state index is 12.3. The minimum absolute atomic E-state index is 0.0283. The lowest BCUT2D eigenvalue weighted by Crippen LogP contribution is -2.76. The molecule has 1 amide bonds. The van der Waals surface area contributed by atoms with Crippen LogP contribution < -0.4 is 11.1 Å². The van der Waals surface area contributed by atoms with Crippen LogP contribution in [0.4, 0.5) is 0 Å². The number of hydrogen-bond acceptors (Lipinski definition) is 3. The molecule has 1 fully saturated rings. The molecule has 0 radical (unpaired) electrons. The maximum atomic E-state index is 12.3. The van der Waals surface area contributed by atoms with E-state index in [0.29, 0.717) is 0 Å². The van der Waals surface area contributed by atoms with E-state index in [4.69, 9.17) is 5.73 Å². The highest BCUT2D eigenvalue weighted by molar-refractivity contribution is 7.12. The molecular weight excluding hydrogens is 244 g/mol. The topological polar surface area (TPSA) is 55.1 Å². The number of amides is 1. The zero-order valence-corrected chi connectivity index (χ0v) is 12.5. The summed E-state index contributed by atoms with van der Waals surface area (Å²) in [7, 11) is 0. The fourth-order valence-electron chi connectivity index (χ4n) is 3.35. The summed E-state index contributed by atoms with van der Waals surface area (Å²) in [5.41, 5.74) is 7.14. The van der Waals surface area contributed by atoms with E-state index in [-0.39, 0.29) is 28.8 Å². The molecule has 1 aromatic rings. The molecule has 1 aliphatic carbocycles. The first-order valence-corrected chi connectivity index (χ1v) is 7.17. The van der Waals surface area contributed by atoms with Crippen LogP contribution >= 0.6 is 11.3 Å². The van der Waals surface area contributed by atoms with Gasteiger partial charge in [-0.05, 0) is 23.9 Å². The molecule has 0 unspecified atom stereocenters. The zero-order valence-electron chi connectivity index (χ0n) is 11.7. The molecule has 0 aliphatic heterocycles. The average molecular weight is 266 g/mol. The van der Waals surface area contributed by atoms with E-state index in [1.54, 1.807) is 0 Å². The summed E-state index contributed by atoms with van der Waals surface area (Å²) in [5.74, 6) is 0.0283. The highest BCUT2D eigenvalue weighted by atomic mass is 32.1. The van der Waals surface area contributed by atoms with Gasteiger partial charge >= 0.3 is 0 Å². The van der Waals surface area contributed by atoms with Gasteiger partial charge in [0.2, 0.25) is 0 Å². The Balaban J connectivity index is 2.16. The molecule has 1 saturated carbocycles. The van der Waals surface area contributed by atoms with Crippen molar-refractivity contribution in [2.75, 3.05) is 0 Å². The third-order valence-electron chi connectivity index (χ3n) is 4.43. The number of hydrogen-bond donors (Lipinski definition) is 2. The standard InChI is InChI=1S/C14H22N2OS/c1-8-6-7-18-9(8)10(17)16-12-13(2,3)11(15)14(12,4)5/h6-7,11-12H,15H2,1-5H3,(H,16,17). The van der Waals surface area contributed by atoms with Crippen LogP contribution in [0.25, 0.3) is 0 Å². The van der Waals surface area contributed by atoms with Crippen LogP contribution in [-0.4, -0.2) is 18.0 Å². The molecule has 2 rings (SSSR count). The molecule has 3 nitrogen and oxygen atoms in total. The Morgan fingerprint density at radius 1 is 1.33 bits per heavy atom. The number of nitrogens with one attached hydrogen (secondary N) is 1. The number of carbonyl (C=O) groups is 1. The summed E-state index contributed by atoms with van der Waals surface area (Å²) >= 11 is 1.49. The van der Waals surface area contributed by atoms with Gasteiger partial charge in [0.1, 0.15) is 0 Å². The molecule has 0 bridgehead atoms. The van der Waals surface area contributed by atoms with Crippen LogP contribution in [0.5, 0.6) is 0 Å². The molecule has 0 atom stereocenters. The predicted octanol–water partition coefficient (Wildman–Crippen LogP) is 2.55. The number of nitrogens with two attached hydrogens (primary N) is 1. The average Bonchev–Trinajstić information content (AvgIpc) is 2.70. The van der Waals surface area contributed by atoms with E-state index >= 15 is 0 Å². The molecule has 0 aromatic carbocycles. The van der Waals surface area contributed by atoms with Crippen molar-refractivity contribution in [1.82, 2.24) is 5.32 Å². The minimum Gasteiger partial charge on any atom is -0.347 e. The van der Waals surface area contributed by atoms with Crippen molar-refractivity contribution in [1.29, 1.82) is 0 Å². The Kier molecular flexibility index (Phi) is 3.06. The molecular formula is C14H22N2OS. The Morgan fingerprint density at radius 3 is 2.33 bits per heavy atom. The second-order valence-electron chi connectivity index (χ2n) is 6.46. The molecule has 1 heterocycles. The number of carbonyl (C=O) groups excluding carboxylic acids is 1. The summed E-state index contributed by atoms with van der Waals surface area (Å²) in [6.45, 7) is 10.4. The lowest BCUT2D eigenvalue weighted by Gasteiger charge is -2.62. The van der Waals surface area contributed by atoms with Crippen molar-refractivity contribution in [2.24, 2.45) is 16.6 Å². The van der Waals surface area contributed by atoms with Crippen molar-refractivity contribution in [3.63, 3.8) is 0 Å². The molecule has 1 aromatic heterocycles. The van der Waals surface area contributed by atoms with Crippen LogP contribution in [0.2, 0.25) is 0 Å². The largest absolute Gasteiger partial charge is 0.347 e. The molecule has 0 saturated heterocycles. The van der Waals surface area contributed by atoms with Gasteiger partial charge in [0.25, 0.3) is 5.91 Å². The van der Waals surface area contributed by atoms with Gasteiger partial charge < -0.3 is 11.1 Å². The van der Waals surface area contributed by atoms with Crippen molar-refractivity contribution in [3.8, 4) is 0 Å². The highest BCUT2D eigenvalue weighted by Crippen LogP contribution is 2.52. The first kappa shape index (κ1) is 13.6. The van der Waals surface area contributed by atoms with Crippen molar-refractivity contribution in [2.45, 2.75) is 46.7 Å². The summed E-state index contributed by atoms with van der Waals surface area (Å²) in [4.78, 5) is 13.1. The first-order chi connectivity index (χ1) is 8.19. The smallest absolute Gasteiger partial charge is 0.261 e. The zero-order chi connectivity index (χ0) is 13.7. The number of rotatable bonds is 2. The molecule has 100 valence electrons. The van der Waals surface area contributed by atoms with Gasteiger partial charge in [-0.2, -0.15) is 0 Å². The van der Waals surface area contributed by atoms with Crippen molar-refractivity contribution in [3.05, 3.63) is 21.9 Å². The van der Waals surface area contributed by atoms with Crippen LogP contribution in [-0.2, 0) is 0 Å². The molecule has 3 N–H and O–H groups in total.